The molecule has 0 unspecified atom stereocenters. The van der Waals surface area contributed by atoms with Crippen LogP contribution in [0, 0.1) is 5.82 Å². The summed E-state index contributed by atoms with van der Waals surface area (Å²) in [6.45, 7) is 0.599. The van der Waals surface area contributed by atoms with E-state index in [0.717, 1.165) is 10.5 Å². The van der Waals surface area contributed by atoms with E-state index in [-0.39, 0.29) is 17.5 Å². The van der Waals surface area contributed by atoms with Gasteiger partial charge in [0.2, 0.25) is 5.91 Å². The first kappa shape index (κ1) is 14.9. The molecule has 0 saturated heterocycles. The van der Waals surface area contributed by atoms with Gasteiger partial charge in [-0.25, -0.2) is 4.39 Å². The largest absolute Gasteiger partial charge is 0.398 e. The lowest BCUT2D eigenvalue weighted by molar-refractivity contribution is -0.127. The quantitative estimate of drug-likeness (QED) is 0.681. The summed E-state index contributed by atoms with van der Waals surface area (Å²) in [5, 5.41) is 4.01. The fourth-order valence-corrected chi connectivity index (χ4v) is 3.19. The van der Waals surface area contributed by atoms with Crippen molar-refractivity contribution in [3.63, 3.8) is 0 Å². The van der Waals surface area contributed by atoms with Gasteiger partial charge in [-0.3, -0.25) is 4.79 Å². The lowest BCUT2D eigenvalue weighted by Gasteiger charge is -2.16. The molecule has 106 valence electrons. The van der Waals surface area contributed by atoms with Gasteiger partial charge in [-0.15, -0.1) is 11.8 Å². The van der Waals surface area contributed by atoms with Crippen molar-refractivity contribution in [1.29, 1.82) is 0 Å². The van der Waals surface area contributed by atoms with Crippen molar-refractivity contribution < 1.29 is 9.18 Å². The Balaban J connectivity index is 1.88. The second kappa shape index (κ2) is 6.76. The SMILES string of the molecule is CN(Cc1ccsc1)C(=O)CSc1ccc(F)cc1N. The van der Waals surface area contributed by atoms with Gasteiger partial charge in [-0.2, -0.15) is 11.3 Å². The molecule has 20 heavy (non-hydrogen) atoms. The lowest BCUT2D eigenvalue weighted by atomic mass is 10.3. The second-order valence-corrected chi connectivity index (χ2v) is 6.15. The molecule has 2 rings (SSSR count). The first-order chi connectivity index (χ1) is 9.56. The molecule has 1 aromatic carbocycles. The van der Waals surface area contributed by atoms with E-state index in [9.17, 15) is 9.18 Å². The number of hydrogen-bond acceptors (Lipinski definition) is 4. The van der Waals surface area contributed by atoms with Crippen LogP contribution in [0.15, 0.2) is 39.9 Å². The fraction of sp³-hybridized carbons (Fsp3) is 0.214. The summed E-state index contributed by atoms with van der Waals surface area (Å²) in [7, 11) is 1.77. The van der Waals surface area contributed by atoms with E-state index in [2.05, 4.69) is 0 Å². The van der Waals surface area contributed by atoms with E-state index >= 15 is 0 Å². The molecule has 0 fully saturated rings. The van der Waals surface area contributed by atoms with Crippen LogP contribution in [0.25, 0.3) is 0 Å². The number of amides is 1. The number of carbonyl (C=O) groups is 1. The molecule has 3 nitrogen and oxygen atoms in total. The summed E-state index contributed by atoms with van der Waals surface area (Å²) in [6.07, 6.45) is 0. The van der Waals surface area contributed by atoms with Gasteiger partial charge < -0.3 is 10.6 Å². The average molecular weight is 310 g/mol. The summed E-state index contributed by atoms with van der Waals surface area (Å²) in [5.74, 6) is -0.0612. The molecule has 1 heterocycles. The third kappa shape index (κ3) is 3.98. The van der Waals surface area contributed by atoms with Crippen LogP contribution in [0.1, 0.15) is 5.56 Å². The molecule has 0 bridgehead atoms. The Kier molecular flexibility index (Phi) is 5.03. The molecule has 6 heteroatoms. The number of thioether (sulfide) groups is 1. The molecule has 0 radical (unpaired) electrons. The highest BCUT2D eigenvalue weighted by molar-refractivity contribution is 8.00. The minimum Gasteiger partial charge on any atom is -0.398 e. The normalized spacial score (nSPS) is 10.5. The molecule has 0 aliphatic heterocycles. The van der Waals surface area contributed by atoms with Gasteiger partial charge in [-0.05, 0) is 40.6 Å². The van der Waals surface area contributed by atoms with Gasteiger partial charge in [-0.1, -0.05) is 0 Å². The molecule has 2 N–H and O–H groups in total. The number of nitrogens with two attached hydrogens (primary N) is 1. The van der Waals surface area contributed by atoms with Gasteiger partial charge in [0, 0.05) is 24.2 Å². The zero-order chi connectivity index (χ0) is 14.5. The van der Waals surface area contributed by atoms with E-state index in [4.69, 9.17) is 5.73 Å². The van der Waals surface area contributed by atoms with Crippen molar-refractivity contribution in [2.45, 2.75) is 11.4 Å². The summed E-state index contributed by atoms with van der Waals surface area (Å²) in [4.78, 5) is 14.4. The standard InChI is InChI=1S/C14H15FN2OS2/c1-17(7-10-4-5-19-8-10)14(18)9-20-13-3-2-11(15)6-12(13)16/h2-6,8H,7,9,16H2,1H3. The van der Waals surface area contributed by atoms with E-state index in [0.29, 0.717) is 12.2 Å². The zero-order valence-electron chi connectivity index (χ0n) is 11.0. The number of thiophene rings is 1. The van der Waals surface area contributed by atoms with E-state index in [1.54, 1.807) is 29.4 Å². The van der Waals surface area contributed by atoms with Crippen LogP contribution in [0.3, 0.4) is 0 Å². The maximum atomic E-state index is 12.9. The van der Waals surface area contributed by atoms with Crippen molar-refractivity contribution >= 4 is 34.7 Å². The van der Waals surface area contributed by atoms with Crippen LogP contribution in [-0.2, 0) is 11.3 Å². The Morgan fingerprint density at radius 1 is 1.45 bits per heavy atom. The third-order valence-corrected chi connectivity index (χ3v) is 4.55. The van der Waals surface area contributed by atoms with Crippen LogP contribution in [0.2, 0.25) is 0 Å². The lowest BCUT2D eigenvalue weighted by Crippen LogP contribution is -2.27. The number of benzene rings is 1. The van der Waals surface area contributed by atoms with Gasteiger partial charge in [0.15, 0.2) is 0 Å². The van der Waals surface area contributed by atoms with E-state index < -0.39 is 0 Å². The van der Waals surface area contributed by atoms with Crippen LogP contribution >= 0.6 is 23.1 Å². The number of anilines is 1. The molecular formula is C14H15FN2OS2. The Labute approximate surface area is 125 Å². The van der Waals surface area contributed by atoms with E-state index in [1.165, 1.54) is 23.9 Å². The molecule has 0 aliphatic rings. The molecule has 1 amide bonds. The Morgan fingerprint density at radius 3 is 2.90 bits per heavy atom. The minimum absolute atomic E-state index is 0.0184. The highest BCUT2D eigenvalue weighted by Crippen LogP contribution is 2.25. The van der Waals surface area contributed by atoms with Gasteiger partial charge in [0.25, 0.3) is 0 Å². The number of nitrogens with zero attached hydrogens (tertiary/aromatic N) is 1. The topological polar surface area (TPSA) is 46.3 Å². The summed E-state index contributed by atoms with van der Waals surface area (Å²) < 4.78 is 12.9. The van der Waals surface area contributed by atoms with Crippen LogP contribution in [-0.4, -0.2) is 23.6 Å². The molecule has 0 aliphatic carbocycles. The molecule has 0 saturated carbocycles. The van der Waals surface area contributed by atoms with E-state index in [1.807, 2.05) is 16.8 Å². The minimum atomic E-state index is -0.368. The van der Waals surface area contributed by atoms with Gasteiger partial charge in [0.1, 0.15) is 5.82 Å². The van der Waals surface area contributed by atoms with Crippen molar-refractivity contribution in [3.05, 3.63) is 46.4 Å². The first-order valence-corrected chi connectivity index (χ1v) is 7.92. The fourth-order valence-electron chi connectivity index (χ4n) is 1.65. The van der Waals surface area contributed by atoms with Gasteiger partial charge in [0.05, 0.1) is 5.75 Å². The van der Waals surface area contributed by atoms with Crippen molar-refractivity contribution in [2.75, 3.05) is 18.5 Å². The number of nitrogen functional groups attached to an aromatic ring is 1. The average Bonchev–Trinajstić information content (AvgIpc) is 2.90. The van der Waals surface area contributed by atoms with Crippen LogP contribution in [0.4, 0.5) is 10.1 Å². The monoisotopic (exact) mass is 310 g/mol. The second-order valence-electron chi connectivity index (χ2n) is 4.35. The van der Waals surface area contributed by atoms with Crippen molar-refractivity contribution in [2.24, 2.45) is 0 Å². The Bertz CT molecular complexity index is 587. The first-order valence-electron chi connectivity index (χ1n) is 5.99. The maximum absolute atomic E-state index is 12.9. The highest BCUT2D eigenvalue weighted by Gasteiger charge is 2.11. The number of carbonyl (C=O) groups excluding carboxylic acids is 1. The molecule has 0 atom stereocenters. The summed E-state index contributed by atoms with van der Waals surface area (Å²) >= 11 is 2.94. The maximum Gasteiger partial charge on any atom is 0.232 e. The number of hydrogen-bond donors (Lipinski definition) is 1. The van der Waals surface area contributed by atoms with Crippen molar-refractivity contribution in [1.82, 2.24) is 4.90 Å². The predicted octanol–water partition coefficient (Wildman–Crippen LogP) is 3.22. The smallest absolute Gasteiger partial charge is 0.232 e. The Morgan fingerprint density at radius 2 is 2.25 bits per heavy atom. The summed E-state index contributed by atoms with van der Waals surface area (Å²) in [6, 6.07) is 6.21. The van der Waals surface area contributed by atoms with Gasteiger partial charge >= 0.3 is 0 Å². The third-order valence-electron chi connectivity index (χ3n) is 2.75. The number of halogens is 1. The molecular weight excluding hydrogens is 295 g/mol. The van der Waals surface area contributed by atoms with Crippen LogP contribution in [0.5, 0.6) is 0 Å². The predicted molar refractivity (Wildman–Crippen MR) is 82.3 cm³/mol. The Hall–Kier alpha value is -1.53. The van der Waals surface area contributed by atoms with Crippen molar-refractivity contribution in [3.8, 4) is 0 Å². The summed E-state index contributed by atoms with van der Waals surface area (Å²) in [5.41, 5.74) is 7.20. The van der Waals surface area contributed by atoms with Crippen LogP contribution < -0.4 is 5.73 Å². The molecule has 0 spiro atoms. The highest BCUT2D eigenvalue weighted by atomic mass is 32.2. The zero-order valence-corrected chi connectivity index (χ0v) is 12.6. The molecule has 2 aromatic rings. The molecule has 1 aromatic heterocycles. The number of rotatable bonds is 5.